The number of amides is 3. The summed E-state index contributed by atoms with van der Waals surface area (Å²) in [5, 5.41) is 25.1. The summed E-state index contributed by atoms with van der Waals surface area (Å²) in [5.41, 5.74) is 16.2. The second-order valence-corrected chi connectivity index (χ2v) is 7.11. The molecule has 0 aliphatic rings. The molecule has 12 N–H and O–H groups in total. The van der Waals surface area contributed by atoms with Crippen molar-refractivity contribution in [2.75, 3.05) is 13.1 Å². The van der Waals surface area contributed by atoms with E-state index in [0.29, 0.717) is 12.1 Å². The van der Waals surface area contributed by atoms with Crippen molar-refractivity contribution in [1.29, 1.82) is 0 Å². The largest absolute Gasteiger partial charge is 0.481 e. The summed E-state index contributed by atoms with van der Waals surface area (Å²) in [5.74, 6) is -5.46. The van der Waals surface area contributed by atoms with E-state index < -0.39 is 54.2 Å². The number of imidazole rings is 1. The van der Waals surface area contributed by atoms with E-state index in [9.17, 15) is 29.1 Å². The average Bonchev–Trinajstić information content (AvgIpc) is 3.27. The second kappa shape index (κ2) is 14.0. The number of hydrogen-bond donors (Lipinski definition) is 9. The topological polar surface area (TPSA) is 281 Å². The molecule has 0 aromatic carbocycles. The molecule has 3 amide bonds. The molecule has 0 saturated heterocycles. The van der Waals surface area contributed by atoms with Crippen molar-refractivity contribution in [2.45, 2.75) is 43.8 Å². The number of H-pyrrole nitrogens is 1. The van der Waals surface area contributed by atoms with Crippen molar-refractivity contribution in [1.82, 2.24) is 25.9 Å². The molecule has 0 aliphatic heterocycles. The number of carbonyl (C=O) groups excluding carboxylic acids is 3. The minimum Gasteiger partial charge on any atom is -0.481 e. The highest BCUT2D eigenvalue weighted by molar-refractivity contribution is 5.94. The third kappa shape index (κ3) is 10.4. The monoisotopic (exact) mass is 483 g/mol. The van der Waals surface area contributed by atoms with Gasteiger partial charge in [-0.2, -0.15) is 0 Å². The highest BCUT2D eigenvalue weighted by atomic mass is 16.4. The van der Waals surface area contributed by atoms with E-state index in [2.05, 4.69) is 30.9 Å². The maximum absolute atomic E-state index is 12.9. The third-order valence-electron chi connectivity index (χ3n) is 4.39. The predicted molar refractivity (Wildman–Crippen MR) is 117 cm³/mol. The molecule has 1 rings (SSSR count). The standard InChI is InChI=1S/C18H29N9O7/c19-6-13(28)25-10(2-1-3-23-18(20)21)15(31)26-11(4-9-7-22-8-24-9)16(32)27-12(17(33)34)5-14(29)30/h7-8,10-12H,1-6,19H2,(H,22,24)(H,25,28)(H,26,31)(H,27,32)(H,29,30)(H,33,34)(H4,20,21,23). The summed E-state index contributed by atoms with van der Waals surface area (Å²) >= 11 is 0. The summed E-state index contributed by atoms with van der Waals surface area (Å²) in [6.07, 6.45) is 2.14. The molecule has 0 fully saturated rings. The number of rotatable bonds is 15. The van der Waals surface area contributed by atoms with Gasteiger partial charge in [-0.25, -0.2) is 9.78 Å². The number of nitrogens with zero attached hydrogens (tertiary/aromatic N) is 2. The lowest BCUT2D eigenvalue weighted by Crippen LogP contribution is -2.57. The van der Waals surface area contributed by atoms with Crippen molar-refractivity contribution in [3.63, 3.8) is 0 Å². The van der Waals surface area contributed by atoms with E-state index in [4.69, 9.17) is 22.3 Å². The molecule has 0 aliphatic carbocycles. The van der Waals surface area contributed by atoms with Crippen LogP contribution >= 0.6 is 0 Å². The lowest BCUT2D eigenvalue weighted by Gasteiger charge is -2.24. The molecule has 34 heavy (non-hydrogen) atoms. The first-order chi connectivity index (χ1) is 16.0. The van der Waals surface area contributed by atoms with Crippen molar-refractivity contribution in [3.05, 3.63) is 18.2 Å². The molecule has 0 bridgehead atoms. The van der Waals surface area contributed by atoms with Crippen molar-refractivity contribution >= 4 is 35.6 Å². The summed E-state index contributed by atoms with van der Waals surface area (Å²) in [4.78, 5) is 70.0. The average molecular weight is 483 g/mol. The van der Waals surface area contributed by atoms with Gasteiger partial charge >= 0.3 is 11.9 Å². The van der Waals surface area contributed by atoms with Crippen LogP contribution in [-0.4, -0.2) is 87.0 Å². The Morgan fingerprint density at radius 1 is 1.03 bits per heavy atom. The van der Waals surface area contributed by atoms with Gasteiger partial charge in [-0.3, -0.25) is 24.2 Å². The second-order valence-electron chi connectivity index (χ2n) is 7.11. The van der Waals surface area contributed by atoms with Crippen LogP contribution in [0.1, 0.15) is 25.0 Å². The third-order valence-corrected chi connectivity index (χ3v) is 4.39. The summed E-state index contributed by atoms with van der Waals surface area (Å²) in [6.45, 7) is -0.205. The number of aliphatic imine (C=N–C) groups is 1. The maximum Gasteiger partial charge on any atom is 0.326 e. The van der Waals surface area contributed by atoms with Crippen LogP contribution in [0, 0.1) is 0 Å². The first-order valence-electron chi connectivity index (χ1n) is 10.1. The summed E-state index contributed by atoms with van der Waals surface area (Å²) in [7, 11) is 0. The molecule has 1 aromatic rings. The van der Waals surface area contributed by atoms with E-state index in [1.165, 1.54) is 12.5 Å². The molecule has 0 saturated carbocycles. The number of aromatic nitrogens is 2. The van der Waals surface area contributed by atoms with Gasteiger partial charge in [-0.1, -0.05) is 0 Å². The zero-order chi connectivity index (χ0) is 25.7. The van der Waals surface area contributed by atoms with Crippen molar-refractivity contribution < 1.29 is 34.2 Å². The van der Waals surface area contributed by atoms with Gasteiger partial charge in [0.15, 0.2) is 5.96 Å². The number of carbonyl (C=O) groups is 5. The minimum atomic E-state index is -1.72. The number of guanidine groups is 1. The Hall–Kier alpha value is -4.21. The summed E-state index contributed by atoms with van der Waals surface area (Å²) in [6, 6.07) is -4.14. The first-order valence-corrected chi connectivity index (χ1v) is 10.1. The summed E-state index contributed by atoms with van der Waals surface area (Å²) < 4.78 is 0. The van der Waals surface area contributed by atoms with Gasteiger partial charge in [0.25, 0.3) is 0 Å². The van der Waals surface area contributed by atoms with Gasteiger partial charge in [0, 0.05) is 24.9 Å². The van der Waals surface area contributed by atoms with Crippen LogP contribution in [0.5, 0.6) is 0 Å². The van der Waals surface area contributed by atoms with Gasteiger partial charge < -0.3 is 48.3 Å². The SMILES string of the molecule is NCC(=O)NC(CCCN=C(N)N)C(=O)NC(Cc1cnc[nH]1)C(=O)NC(CC(=O)O)C(=O)O. The lowest BCUT2D eigenvalue weighted by atomic mass is 10.1. The molecule has 0 radical (unpaired) electrons. The van der Waals surface area contributed by atoms with Crippen molar-refractivity contribution in [3.8, 4) is 0 Å². The Morgan fingerprint density at radius 2 is 1.68 bits per heavy atom. The van der Waals surface area contributed by atoms with Crippen molar-refractivity contribution in [2.24, 2.45) is 22.2 Å². The number of nitrogens with two attached hydrogens (primary N) is 3. The molecular weight excluding hydrogens is 454 g/mol. The molecule has 1 heterocycles. The molecule has 0 spiro atoms. The Kier molecular flexibility index (Phi) is 11.5. The van der Waals surface area contributed by atoms with Crippen LogP contribution in [-0.2, 0) is 30.4 Å². The number of nitrogens with one attached hydrogen (secondary N) is 4. The fraction of sp³-hybridized carbons (Fsp3) is 0.500. The molecule has 16 nitrogen and oxygen atoms in total. The molecule has 3 atom stereocenters. The van der Waals surface area contributed by atoms with E-state index in [0.717, 1.165) is 0 Å². The van der Waals surface area contributed by atoms with Crippen LogP contribution in [0.2, 0.25) is 0 Å². The highest BCUT2D eigenvalue weighted by Crippen LogP contribution is 2.05. The van der Waals surface area contributed by atoms with Crippen LogP contribution in [0.25, 0.3) is 0 Å². The lowest BCUT2D eigenvalue weighted by molar-refractivity contribution is -0.147. The Balaban J connectivity index is 3.01. The van der Waals surface area contributed by atoms with Crippen LogP contribution < -0.4 is 33.2 Å². The number of aromatic amines is 1. The number of hydrogen-bond acceptors (Lipinski definition) is 8. The van der Waals surface area contributed by atoms with Crippen LogP contribution in [0.15, 0.2) is 17.5 Å². The number of carboxylic acid groups (broad SMARTS) is 2. The fourth-order valence-electron chi connectivity index (χ4n) is 2.77. The first kappa shape index (κ1) is 27.8. The smallest absolute Gasteiger partial charge is 0.326 e. The Morgan fingerprint density at radius 3 is 2.21 bits per heavy atom. The quantitative estimate of drug-likeness (QED) is 0.0657. The number of aliphatic carboxylic acids is 2. The molecule has 188 valence electrons. The van der Waals surface area contributed by atoms with E-state index in [-0.39, 0.29) is 31.9 Å². The van der Waals surface area contributed by atoms with E-state index >= 15 is 0 Å². The zero-order valence-electron chi connectivity index (χ0n) is 18.2. The van der Waals surface area contributed by atoms with Crippen LogP contribution in [0.4, 0.5) is 0 Å². The van der Waals surface area contributed by atoms with E-state index in [1.807, 2.05) is 0 Å². The minimum absolute atomic E-state index is 0.101. The van der Waals surface area contributed by atoms with Gasteiger partial charge in [0.1, 0.15) is 18.1 Å². The Bertz CT molecular complexity index is 884. The fourth-order valence-corrected chi connectivity index (χ4v) is 2.77. The Labute approximate surface area is 193 Å². The molecule has 16 heteroatoms. The van der Waals surface area contributed by atoms with Gasteiger partial charge in [0.05, 0.1) is 19.3 Å². The zero-order valence-corrected chi connectivity index (χ0v) is 18.2. The molecule has 3 unspecified atom stereocenters. The number of carboxylic acids is 2. The van der Waals surface area contributed by atoms with Crippen LogP contribution in [0.3, 0.4) is 0 Å². The van der Waals surface area contributed by atoms with Gasteiger partial charge in [0.2, 0.25) is 17.7 Å². The molecular formula is C18H29N9O7. The van der Waals surface area contributed by atoms with E-state index in [1.54, 1.807) is 0 Å². The highest BCUT2D eigenvalue weighted by Gasteiger charge is 2.30. The predicted octanol–water partition coefficient (Wildman–Crippen LogP) is -4.02. The molecule has 1 aromatic heterocycles. The maximum atomic E-state index is 12.9. The normalized spacial score (nSPS) is 13.1. The van der Waals surface area contributed by atoms with Gasteiger partial charge in [-0.05, 0) is 12.8 Å². The van der Waals surface area contributed by atoms with Gasteiger partial charge in [-0.15, -0.1) is 0 Å².